The standard InChI is InChI=1S/C16H25FN4O2S2/c1-18-16(19-6-5-14-3-2-4-15(17)13-14)20-7-12-25(22,23)21-8-10-24-11-9-21/h2-4,13H,5-12H2,1H3,(H2,18,19,20). The summed E-state index contributed by atoms with van der Waals surface area (Å²) in [4.78, 5) is 4.08. The average molecular weight is 389 g/mol. The Balaban J connectivity index is 1.71. The zero-order valence-corrected chi connectivity index (χ0v) is 16.0. The zero-order chi connectivity index (χ0) is 18.1. The second-order valence-corrected chi connectivity index (χ2v) is 8.95. The number of nitrogens with one attached hydrogen (secondary N) is 2. The van der Waals surface area contributed by atoms with Gasteiger partial charge >= 0.3 is 0 Å². The van der Waals surface area contributed by atoms with Gasteiger partial charge in [-0.25, -0.2) is 17.1 Å². The van der Waals surface area contributed by atoms with Crippen molar-refractivity contribution in [3.63, 3.8) is 0 Å². The third-order valence-electron chi connectivity index (χ3n) is 3.83. The van der Waals surface area contributed by atoms with E-state index in [1.807, 2.05) is 6.07 Å². The average Bonchev–Trinajstić information content (AvgIpc) is 2.61. The van der Waals surface area contributed by atoms with E-state index in [2.05, 4.69) is 15.6 Å². The number of benzene rings is 1. The first-order chi connectivity index (χ1) is 12.0. The molecular formula is C16H25FN4O2S2. The van der Waals surface area contributed by atoms with E-state index in [9.17, 15) is 12.8 Å². The van der Waals surface area contributed by atoms with Gasteiger partial charge in [0.2, 0.25) is 10.0 Å². The lowest BCUT2D eigenvalue weighted by atomic mass is 10.1. The van der Waals surface area contributed by atoms with Crippen LogP contribution in [0.15, 0.2) is 29.3 Å². The molecule has 0 unspecified atom stereocenters. The highest BCUT2D eigenvalue weighted by Crippen LogP contribution is 2.12. The van der Waals surface area contributed by atoms with Gasteiger partial charge in [0.05, 0.1) is 5.75 Å². The van der Waals surface area contributed by atoms with Crippen molar-refractivity contribution in [3.05, 3.63) is 35.6 Å². The SMILES string of the molecule is CN=C(NCCc1cccc(F)c1)NCCS(=O)(=O)N1CCSCC1. The van der Waals surface area contributed by atoms with Crippen molar-refractivity contribution >= 4 is 27.7 Å². The van der Waals surface area contributed by atoms with Gasteiger partial charge in [-0.1, -0.05) is 12.1 Å². The number of hydrogen-bond acceptors (Lipinski definition) is 4. The molecule has 2 rings (SSSR count). The van der Waals surface area contributed by atoms with Crippen LogP contribution >= 0.6 is 11.8 Å². The summed E-state index contributed by atoms with van der Waals surface area (Å²) in [5.74, 6) is 2.05. The van der Waals surface area contributed by atoms with Crippen LogP contribution in [-0.2, 0) is 16.4 Å². The topological polar surface area (TPSA) is 73.8 Å². The van der Waals surface area contributed by atoms with Gasteiger partial charge in [0.1, 0.15) is 5.82 Å². The largest absolute Gasteiger partial charge is 0.356 e. The molecule has 9 heteroatoms. The third kappa shape index (κ3) is 6.83. The molecule has 1 heterocycles. The van der Waals surface area contributed by atoms with Gasteiger partial charge in [0.15, 0.2) is 5.96 Å². The van der Waals surface area contributed by atoms with Crippen molar-refractivity contribution in [2.75, 3.05) is 50.5 Å². The van der Waals surface area contributed by atoms with Gasteiger partial charge < -0.3 is 10.6 Å². The Morgan fingerprint density at radius 2 is 2.00 bits per heavy atom. The number of halogens is 1. The van der Waals surface area contributed by atoms with E-state index in [1.165, 1.54) is 12.1 Å². The van der Waals surface area contributed by atoms with E-state index in [-0.39, 0.29) is 11.6 Å². The fourth-order valence-electron chi connectivity index (χ4n) is 2.49. The first kappa shape index (κ1) is 20.0. The Morgan fingerprint density at radius 1 is 1.28 bits per heavy atom. The maximum absolute atomic E-state index is 13.1. The number of rotatable bonds is 7. The van der Waals surface area contributed by atoms with Crippen LogP contribution < -0.4 is 10.6 Å². The van der Waals surface area contributed by atoms with Crippen molar-refractivity contribution in [1.82, 2.24) is 14.9 Å². The Morgan fingerprint density at radius 3 is 2.68 bits per heavy atom. The lowest BCUT2D eigenvalue weighted by Crippen LogP contribution is -2.44. The molecule has 0 saturated carbocycles. The van der Waals surface area contributed by atoms with Crippen molar-refractivity contribution < 1.29 is 12.8 Å². The lowest BCUT2D eigenvalue weighted by Gasteiger charge is -2.25. The minimum atomic E-state index is -3.22. The summed E-state index contributed by atoms with van der Waals surface area (Å²) < 4.78 is 39.2. The molecule has 140 valence electrons. The highest BCUT2D eigenvalue weighted by atomic mass is 32.2. The fraction of sp³-hybridized carbons (Fsp3) is 0.562. The zero-order valence-electron chi connectivity index (χ0n) is 14.4. The van der Waals surface area contributed by atoms with Crippen LogP contribution in [0, 0.1) is 5.82 Å². The van der Waals surface area contributed by atoms with Crippen LogP contribution in [0.2, 0.25) is 0 Å². The molecule has 0 atom stereocenters. The monoisotopic (exact) mass is 388 g/mol. The molecule has 25 heavy (non-hydrogen) atoms. The number of nitrogens with zero attached hydrogens (tertiary/aromatic N) is 2. The minimum Gasteiger partial charge on any atom is -0.356 e. The summed E-state index contributed by atoms with van der Waals surface area (Å²) in [6, 6.07) is 6.46. The second kappa shape index (κ2) is 9.98. The second-order valence-electron chi connectivity index (χ2n) is 5.63. The highest BCUT2D eigenvalue weighted by Gasteiger charge is 2.23. The van der Waals surface area contributed by atoms with Gasteiger partial charge in [-0.3, -0.25) is 4.99 Å². The molecule has 1 aliphatic heterocycles. The van der Waals surface area contributed by atoms with Crippen molar-refractivity contribution in [2.24, 2.45) is 4.99 Å². The van der Waals surface area contributed by atoms with Gasteiger partial charge in [-0.2, -0.15) is 11.8 Å². The Kier molecular flexibility index (Phi) is 7.98. The number of hydrogen-bond donors (Lipinski definition) is 2. The summed E-state index contributed by atoms with van der Waals surface area (Å²) in [6.45, 7) is 2.06. The van der Waals surface area contributed by atoms with Gasteiger partial charge in [-0.05, 0) is 24.1 Å². The number of guanidine groups is 1. The highest BCUT2D eigenvalue weighted by molar-refractivity contribution is 7.99. The number of aliphatic imine (C=N–C) groups is 1. The van der Waals surface area contributed by atoms with E-state index in [0.29, 0.717) is 38.6 Å². The normalized spacial score (nSPS) is 16.6. The molecule has 1 saturated heterocycles. The molecule has 0 spiro atoms. The van der Waals surface area contributed by atoms with Gasteiger partial charge in [0, 0.05) is 44.7 Å². The first-order valence-corrected chi connectivity index (χ1v) is 11.0. The van der Waals surface area contributed by atoms with Crippen LogP contribution in [-0.4, -0.2) is 69.2 Å². The summed E-state index contributed by atoms with van der Waals surface area (Å²) >= 11 is 1.78. The summed E-state index contributed by atoms with van der Waals surface area (Å²) in [7, 11) is -1.59. The summed E-state index contributed by atoms with van der Waals surface area (Å²) in [5.41, 5.74) is 0.897. The van der Waals surface area contributed by atoms with E-state index >= 15 is 0 Å². The Labute approximate surface area is 153 Å². The van der Waals surface area contributed by atoms with Crippen LogP contribution in [0.3, 0.4) is 0 Å². The van der Waals surface area contributed by atoms with Crippen LogP contribution in [0.5, 0.6) is 0 Å². The molecule has 2 N–H and O–H groups in total. The molecule has 1 aromatic carbocycles. The Bertz CT molecular complexity index is 676. The molecule has 0 amide bonds. The van der Waals surface area contributed by atoms with Crippen molar-refractivity contribution in [2.45, 2.75) is 6.42 Å². The fourth-order valence-corrected chi connectivity index (χ4v) is 4.98. The third-order valence-corrected chi connectivity index (χ3v) is 6.65. The number of thioether (sulfide) groups is 1. The molecular weight excluding hydrogens is 363 g/mol. The lowest BCUT2D eigenvalue weighted by molar-refractivity contribution is 0.443. The molecule has 0 aliphatic carbocycles. The van der Waals surface area contributed by atoms with Crippen molar-refractivity contribution in [1.29, 1.82) is 0 Å². The smallest absolute Gasteiger partial charge is 0.215 e. The molecule has 1 aliphatic rings. The number of sulfonamides is 1. The summed E-state index contributed by atoms with van der Waals surface area (Å²) in [6.07, 6.45) is 0.655. The van der Waals surface area contributed by atoms with E-state index in [0.717, 1.165) is 17.1 Å². The molecule has 0 bridgehead atoms. The Hall–Kier alpha value is -1.32. The summed E-state index contributed by atoms with van der Waals surface area (Å²) in [5, 5.41) is 6.12. The minimum absolute atomic E-state index is 0.0439. The van der Waals surface area contributed by atoms with Crippen molar-refractivity contribution in [3.8, 4) is 0 Å². The quantitative estimate of drug-likeness (QED) is 0.537. The van der Waals surface area contributed by atoms with Gasteiger partial charge in [0.25, 0.3) is 0 Å². The van der Waals surface area contributed by atoms with E-state index < -0.39 is 10.0 Å². The van der Waals surface area contributed by atoms with Crippen LogP contribution in [0.1, 0.15) is 5.56 Å². The predicted molar refractivity (Wildman–Crippen MR) is 102 cm³/mol. The maximum Gasteiger partial charge on any atom is 0.215 e. The molecule has 1 fully saturated rings. The predicted octanol–water partition coefficient (Wildman–Crippen LogP) is 0.912. The first-order valence-electron chi connectivity index (χ1n) is 8.26. The molecule has 0 aromatic heterocycles. The van der Waals surface area contributed by atoms with E-state index in [4.69, 9.17) is 0 Å². The van der Waals surface area contributed by atoms with E-state index in [1.54, 1.807) is 29.2 Å². The molecule has 0 radical (unpaired) electrons. The molecule has 1 aromatic rings. The molecule has 6 nitrogen and oxygen atoms in total. The van der Waals surface area contributed by atoms with Crippen LogP contribution in [0.4, 0.5) is 4.39 Å². The van der Waals surface area contributed by atoms with Crippen LogP contribution in [0.25, 0.3) is 0 Å². The van der Waals surface area contributed by atoms with Gasteiger partial charge in [-0.15, -0.1) is 0 Å². The maximum atomic E-state index is 13.1.